The number of amides is 2. The molecule has 0 aromatic heterocycles. The van der Waals surface area contributed by atoms with Gasteiger partial charge in [-0.3, -0.25) is 0 Å². The Balaban J connectivity index is 2.16. The molecule has 62 valence electrons. The number of hydrogen-bond donors (Lipinski definition) is 2. The van der Waals surface area contributed by atoms with Crippen molar-refractivity contribution >= 4 is 6.03 Å². The zero-order valence-electron chi connectivity index (χ0n) is 6.25. The summed E-state index contributed by atoms with van der Waals surface area (Å²) in [5, 5.41) is 2.50. The van der Waals surface area contributed by atoms with Gasteiger partial charge in [-0.1, -0.05) is 0 Å². The first-order valence-electron chi connectivity index (χ1n) is 3.63. The zero-order chi connectivity index (χ0) is 8.10. The van der Waals surface area contributed by atoms with Crippen LogP contribution in [0.2, 0.25) is 0 Å². The number of rotatable bonds is 2. The second-order valence-electron chi connectivity index (χ2n) is 2.45. The van der Waals surface area contributed by atoms with Crippen molar-refractivity contribution in [3.63, 3.8) is 0 Å². The third kappa shape index (κ3) is 2.93. The fourth-order valence-electron chi connectivity index (χ4n) is 0.949. The lowest BCUT2D eigenvalue weighted by Gasteiger charge is -2.18. The maximum atomic E-state index is 10.3. The van der Waals surface area contributed by atoms with Crippen molar-refractivity contribution in [1.82, 2.24) is 5.32 Å². The Bertz CT molecular complexity index is 168. The summed E-state index contributed by atoms with van der Waals surface area (Å²) >= 11 is 0. The van der Waals surface area contributed by atoms with Gasteiger partial charge in [-0.2, -0.15) is 0 Å². The van der Waals surface area contributed by atoms with Crippen molar-refractivity contribution in [2.75, 3.05) is 6.54 Å². The van der Waals surface area contributed by atoms with E-state index in [-0.39, 0.29) is 6.10 Å². The van der Waals surface area contributed by atoms with E-state index < -0.39 is 6.03 Å². The van der Waals surface area contributed by atoms with Crippen molar-refractivity contribution in [2.24, 2.45) is 5.73 Å². The summed E-state index contributed by atoms with van der Waals surface area (Å²) in [5.74, 6) is 0. The van der Waals surface area contributed by atoms with Gasteiger partial charge in [-0.05, 0) is 18.9 Å². The smallest absolute Gasteiger partial charge is 0.312 e. The summed E-state index contributed by atoms with van der Waals surface area (Å²) in [6, 6.07) is -0.497. The first kappa shape index (κ1) is 7.91. The van der Waals surface area contributed by atoms with E-state index in [0.717, 1.165) is 12.8 Å². The minimum atomic E-state index is -0.497. The minimum absolute atomic E-state index is 0.0903. The number of primary amides is 1. The summed E-state index contributed by atoms with van der Waals surface area (Å²) < 4.78 is 5.18. The molecule has 1 aliphatic rings. The molecule has 3 N–H and O–H groups in total. The molecule has 1 unspecified atom stereocenters. The number of allylic oxidation sites excluding steroid dienone is 1. The SMILES string of the molecule is NC(=O)NCC1CCC=CO1. The van der Waals surface area contributed by atoms with E-state index in [0.29, 0.717) is 6.54 Å². The van der Waals surface area contributed by atoms with E-state index in [9.17, 15) is 4.79 Å². The predicted octanol–water partition coefficient (Wildman–Crippen LogP) is 0.347. The van der Waals surface area contributed by atoms with Crippen molar-refractivity contribution in [1.29, 1.82) is 0 Å². The first-order chi connectivity index (χ1) is 5.29. The molecule has 2 amide bonds. The van der Waals surface area contributed by atoms with Crippen molar-refractivity contribution in [2.45, 2.75) is 18.9 Å². The highest BCUT2D eigenvalue weighted by Crippen LogP contribution is 2.08. The summed E-state index contributed by atoms with van der Waals surface area (Å²) in [5.41, 5.74) is 4.89. The highest BCUT2D eigenvalue weighted by Gasteiger charge is 2.10. The van der Waals surface area contributed by atoms with Gasteiger partial charge in [0.1, 0.15) is 6.10 Å². The van der Waals surface area contributed by atoms with Gasteiger partial charge in [0.15, 0.2) is 0 Å². The minimum Gasteiger partial charge on any atom is -0.497 e. The number of carbonyl (C=O) groups is 1. The van der Waals surface area contributed by atoms with Crippen LogP contribution in [0, 0.1) is 0 Å². The molecule has 11 heavy (non-hydrogen) atoms. The summed E-state index contributed by atoms with van der Waals surface area (Å²) in [4.78, 5) is 10.3. The van der Waals surface area contributed by atoms with Crippen LogP contribution in [0.1, 0.15) is 12.8 Å². The van der Waals surface area contributed by atoms with Crippen LogP contribution in [0.25, 0.3) is 0 Å². The van der Waals surface area contributed by atoms with Crippen LogP contribution >= 0.6 is 0 Å². The van der Waals surface area contributed by atoms with Gasteiger partial charge in [-0.15, -0.1) is 0 Å². The molecule has 1 atom stereocenters. The molecule has 4 heteroatoms. The summed E-state index contributed by atoms with van der Waals surface area (Å²) in [7, 11) is 0. The van der Waals surface area contributed by atoms with Gasteiger partial charge >= 0.3 is 6.03 Å². The van der Waals surface area contributed by atoms with Crippen molar-refractivity contribution in [3.05, 3.63) is 12.3 Å². The molecule has 0 saturated heterocycles. The van der Waals surface area contributed by atoms with Crippen LogP contribution in [-0.4, -0.2) is 18.7 Å². The van der Waals surface area contributed by atoms with Crippen LogP contribution < -0.4 is 11.1 Å². The van der Waals surface area contributed by atoms with Gasteiger partial charge in [-0.25, -0.2) is 4.79 Å². The summed E-state index contributed by atoms with van der Waals surface area (Å²) in [6.07, 6.45) is 5.66. The molecule has 0 aliphatic carbocycles. The van der Waals surface area contributed by atoms with Crippen LogP contribution in [0.15, 0.2) is 12.3 Å². The molecule has 1 rings (SSSR count). The van der Waals surface area contributed by atoms with E-state index in [1.807, 2.05) is 6.08 Å². The molecule has 0 radical (unpaired) electrons. The van der Waals surface area contributed by atoms with Crippen LogP contribution in [0.4, 0.5) is 4.79 Å². The molecule has 0 saturated carbocycles. The topological polar surface area (TPSA) is 64.4 Å². The molecular weight excluding hydrogens is 144 g/mol. The largest absolute Gasteiger partial charge is 0.497 e. The predicted molar refractivity (Wildman–Crippen MR) is 40.8 cm³/mol. The first-order valence-corrected chi connectivity index (χ1v) is 3.63. The maximum absolute atomic E-state index is 10.3. The van der Waals surface area contributed by atoms with Crippen molar-refractivity contribution in [3.8, 4) is 0 Å². The van der Waals surface area contributed by atoms with Gasteiger partial charge in [0.25, 0.3) is 0 Å². The van der Waals surface area contributed by atoms with E-state index in [1.165, 1.54) is 0 Å². The number of nitrogens with one attached hydrogen (secondary N) is 1. The fourth-order valence-corrected chi connectivity index (χ4v) is 0.949. The quantitative estimate of drug-likeness (QED) is 0.605. The number of ether oxygens (including phenoxy) is 1. The second-order valence-corrected chi connectivity index (χ2v) is 2.45. The van der Waals surface area contributed by atoms with Crippen molar-refractivity contribution < 1.29 is 9.53 Å². The molecule has 1 heterocycles. The number of hydrogen-bond acceptors (Lipinski definition) is 2. The lowest BCUT2D eigenvalue weighted by Crippen LogP contribution is -2.36. The Morgan fingerprint density at radius 3 is 3.18 bits per heavy atom. The highest BCUT2D eigenvalue weighted by molar-refractivity contribution is 5.71. The Hall–Kier alpha value is -1.19. The Morgan fingerprint density at radius 2 is 2.64 bits per heavy atom. The monoisotopic (exact) mass is 156 g/mol. The zero-order valence-corrected chi connectivity index (χ0v) is 6.25. The lowest BCUT2D eigenvalue weighted by molar-refractivity contribution is 0.124. The van der Waals surface area contributed by atoms with Crippen LogP contribution in [0.3, 0.4) is 0 Å². The lowest BCUT2D eigenvalue weighted by atomic mass is 10.1. The highest BCUT2D eigenvalue weighted by atomic mass is 16.5. The molecule has 0 aromatic rings. The number of carbonyl (C=O) groups excluding carboxylic acids is 1. The van der Waals surface area contributed by atoms with Gasteiger partial charge in [0.2, 0.25) is 0 Å². The Kier molecular flexibility index (Phi) is 2.77. The fraction of sp³-hybridized carbons (Fsp3) is 0.571. The molecule has 0 spiro atoms. The van der Waals surface area contributed by atoms with E-state index in [4.69, 9.17) is 10.5 Å². The second kappa shape index (κ2) is 3.85. The van der Waals surface area contributed by atoms with Gasteiger partial charge in [0, 0.05) is 0 Å². The van der Waals surface area contributed by atoms with Crippen LogP contribution in [-0.2, 0) is 4.74 Å². The summed E-state index contributed by atoms with van der Waals surface area (Å²) in [6.45, 7) is 0.500. The molecule has 0 aromatic carbocycles. The number of nitrogens with two attached hydrogens (primary N) is 1. The van der Waals surface area contributed by atoms with Gasteiger partial charge in [0.05, 0.1) is 12.8 Å². The van der Waals surface area contributed by atoms with E-state index in [2.05, 4.69) is 5.32 Å². The molecule has 4 nitrogen and oxygen atoms in total. The standard InChI is InChI=1S/C7H12N2O2/c8-7(10)9-5-6-3-1-2-4-11-6/h2,4,6H,1,3,5H2,(H3,8,9,10). The third-order valence-electron chi connectivity index (χ3n) is 1.53. The Morgan fingerprint density at radius 1 is 1.82 bits per heavy atom. The third-order valence-corrected chi connectivity index (χ3v) is 1.53. The Labute approximate surface area is 65.4 Å². The molecule has 0 bridgehead atoms. The normalized spacial score (nSPS) is 22.4. The average Bonchev–Trinajstić information content (AvgIpc) is 2.03. The van der Waals surface area contributed by atoms with E-state index >= 15 is 0 Å². The van der Waals surface area contributed by atoms with E-state index in [1.54, 1.807) is 6.26 Å². The molecule has 0 fully saturated rings. The van der Waals surface area contributed by atoms with Crippen LogP contribution in [0.5, 0.6) is 0 Å². The maximum Gasteiger partial charge on any atom is 0.312 e. The van der Waals surface area contributed by atoms with Gasteiger partial charge < -0.3 is 15.8 Å². The average molecular weight is 156 g/mol. The number of urea groups is 1. The molecule has 1 aliphatic heterocycles. The molecular formula is C7H12N2O2.